The van der Waals surface area contributed by atoms with Crippen molar-refractivity contribution in [3.63, 3.8) is 0 Å². The van der Waals surface area contributed by atoms with Crippen LogP contribution < -0.4 is 10.2 Å². The van der Waals surface area contributed by atoms with Gasteiger partial charge in [-0.25, -0.2) is 0 Å². The molecule has 0 bridgehead atoms. The number of hydrogen-bond acceptors (Lipinski definition) is 4. The SMILES string of the molecule is CC1CSCCN1c1cc2c(cc1Br)C(O)C(=O)N2. The van der Waals surface area contributed by atoms with Crippen LogP contribution in [0.2, 0.25) is 0 Å². The topological polar surface area (TPSA) is 52.6 Å². The number of fused-ring (bicyclic) bond motifs is 1. The second-order valence-corrected chi connectivity index (χ2v) is 6.90. The lowest BCUT2D eigenvalue weighted by Gasteiger charge is -2.36. The van der Waals surface area contributed by atoms with Gasteiger partial charge in [0, 0.05) is 39.8 Å². The molecule has 1 fully saturated rings. The Kier molecular flexibility index (Phi) is 3.49. The number of aliphatic hydroxyl groups is 1. The fourth-order valence-corrected chi connectivity index (χ4v) is 4.16. The molecule has 2 atom stereocenters. The molecule has 0 aliphatic carbocycles. The molecule has 1 amide bonds. The number of hydrogen-bond donors (Lipinski definition) is 2. The summed E-state index contributed by atoms with van der Waals surface area (Å²) in [6.45, 7) is 3.21. The highest BCUT2D eigenvalue weighted by Crippen LogP contribution is 2.40. The van der Waals surface area contributed by atoms with E-state index in [4.69, 9.17) is 0 Å². The van der Waals surface area contributed by atoms with Crippen LogP contribution >= 0.6 is 27.7 Å². The third-order valence-corrected chi connectivity index (χ3v) is 5.42. The predicted molar refractivity (Wildman–Crippen MR) is 81.9 cm³/mol. The summed E-state index contributed by atoms with van der Waals surface area (Å²) in [5.41, 5.74) is 2.46. The monoisotopic (exact) mass is 342 g/mol. The highest BCUT2D eigenvalue weighted by Gasteiger charge is 2.31. The summed E-state index contributed by atoms with van der Waals surface area (Å²) in [5, 5.41) is 12.5. The smallest absolute Gasteiger partial charge is 0.257 e. The first-order chi connectivity index (χ1) is 9.08. The zero-order valence-corrected chi connectivity index (χ0v) is 12.9. The molecule has 0 aromatic heterocycles. The number of rotatable bonds is 1. The molecule has 6 heteroatoms. The van der Waals surface area contributed by atoms with E-state index in [2.05, 4.69) is 33.1 Å². The van der Waals surface area contributed by atoms with Gasteiger partial charge in [-0.3, -0.25) is 4.79 Å². The van der Waals surface area contributed by atoms with E-state index >= 15 is 0 Å². The van der Waals surface area contributed by atoms with Crippen molar-refractivity contribution >= 4 is 45.0 Å². The summed E-state index contributed by atoms with van der Waals surface area (Å²) in [6, 6.07) is 4.27. The van der Waals surface area contributed by atoms with Gasteiger partial charge in [0.2, 0.25) is 0 Å². The van der Waals surface area contributed by atoms with Crippen molar-refractivity contribution in [1.82, 2.24) is 0 Å². The number of anilines is 2. The fraction of sp³-hybridized carbons (Fsp3) is 0.462. The summed E-state index contributed by atoms with van der Waals surface area (Å²) in [5.74, 6) is 1.88. The summed E-state index contributed by atoms with van der Waals surface area (Å²) in [4.78, 5) is 13.8. The number of aliphatic hydroxyl groups excluding tert-OH is 1. The molecule has 3 rings (SSSR count). The van der Waals surface area contributed by atoms with Gasteiger partial charge in [-0.2, -0.15) is 11.8 Å². The van der Waals surface area contributed by atoms with Crippen LogP contribution in [-0.4, -0.2) is 35.1 Å². The third kappa shape index (κ3) is 2.26. The highest BCUT2D eigenvalue weighted by molar-refractivity contribution is 9.10. The van der Waals surface area contributed by atoms with Gasteiger partial charge in [0.05, 0.1) is 5.69 Å². The molecule has 4 nitrogen and oxygen atoms in total. The Balaban J connectivity index is 2.00. The number of nitrogens with one attached hydrogen (secondary N) is 1. The molecule has 1 saturated heterocycles. The molecule has 2 N–H and O–H groups in total. The van der Waals surface area contributed by atoms with Gasteiger partial charge in [-0.05, 0) is 35.0 Å². The maximum atomic E-state index is 11.5. The number of benzene rings is 1. The molecular formula is C13H15BrN2O2S. The Morgan fingerprint density at radius 1 is 1.53 bits per heavy atom. The molecule has 1 aromatic carbocycles. The van der Waals surface area contributed by atoms with E-state index in [1.165, 1.54) is 0 Å². The molecule has 2 aliphatic heterocycles. The minimum atomic E-state index is -1.05. The van der Waals surface area contributed by atoms with Crippen molar-refractivity contribution in [2.75, 3.05) is 28.3 Å². The Morgan fingerprint density at radius 3 is 3.05 bits per heavy atom. The van der Waals surface area contributed by atoms with Gasteiger partial charge in [0.1, 0.15) is 0 Å². The average molecular weight is 343 g/mol. The van der Waals surface area contributed by atoms with Crippen LogP contribution in [0.1, 0.15) is 18.6 Å². The molecule has 1 aromatic rings. The maximum absolute atomic E-state index is 11.5. The molecule has 2 aliphatic rings. The predicted octanol–water partition coefficient (Wildman–Crippen LogP) is 2.38. The van der Waals surface area contributed by atoms with Crippen molar-refractivity contribution in [2.24, 2.45) is 0 Å². The van der Waals surface area contributed by atoms with Gasteiger partial charge in [-0.1, -0.05) is 0 Å². The van der Waals surface area contributed by atoms with E-state index in [1.807, 2.05) is 23.9 Å². The molecule has 0 spiro atoms. The number of carbonyl (C=O) groups excluding carboxylic acids is 1. The highest BCUT2D eigenvalue weighted by atomic mass is 79.9. The molecular weight excluding hydrogens is 328 g/mol. The molecule has 0 saturated carbocycles. The van der Waals surface area contributed by atoms with E-state index in [9.17, 15) is 9.90 Å². The summed E-state index contributed by atoms with van der Waals surface area (Å²) >= 11 is 5.53. The normalized spacial score (nSPS) is 26.3. The Hall–Kier alpha value is -0.720. The molecule has 102 valence electrons. The second-order valence-electron chi connectivity index (χ2n) is 4.90. The Bertz CT molecular complexity index is 538. The van der Waals surface area contributed by atoms with Crippen molar-refractivity contribution in [3.8, 4) is 0 Å². The van der Waals surface area contributed by atoms with E-state index < -0.39 is 6.10 Å². The van der Waals surface area contributed by atoms with E-state index in [0.717, 1.165) is 33.9 Å². The lowest BCUT2D eigenvalue weighted by molar-refractivity contribution is -0.123. The van der Waals surface area contributed by atoms with E-state index in [0.29, 0.717) is 11.6 Å². The van der Waals surface area contributed by atoms with Crippen LogP contribution in [0.3, 0.4) is 0 Å². The van der Waals surface area contributed by atoms with Crippen LogP contribution in [0.4, 0.5) is 11.4 Å². The largest absolute Gasteiger partial charge is 0.378 e. The number of amides is 1. The Morgan fingerprint density at radius 2 is 2.32 bits per heavy atom. The van der Waals surface area contributed by atoms with Gasteiger partial charge in [-0.15, -0.1) is 0 Å². The van der Waals surface area contributed by atoms with E-state index in [1.54, 1.807) is 0 Å². The van der Waals surface area contributed by atoms with Crippen molar-refractivity contribution in [3.05, 3.63) is 22.2 Å². The van der Waals surface area contributed by atoms with Gasteiger partial charge in [0.15, 0.2) is 6.10 Å². The zero-order chi connectivity index (χ0) is 13.6. The molecule has 2 unspecified atom stereocenters. The minimum Gasteiger partial charge on any atom is -0.378 e. The first-order valence-electron chi connectivity index (χ1n) is 6.24. The zero-order valence-electron chi connectivity index (χ0n) is 10.5. The summed E-state index contributed by atoms with van der Waals surface area (Å²) < 4.78 is 0.931. The first-order valence-corrected chi connectivity index (χ1v) is 8.19. The average Bonchev–Trinajstić information content (AvgIpc) is 2.66. The van der Waals surface area contributed by atoms with Crippen molar-refractivity contribution in [1.29, 1.82) is 0 Å². The van der Waals surface area contributed by atoms with Gasteiger partial charge >= 0.3 is 0 Å². The molecule has 0 radical (unpaired) electrons. The number of halogens is 1. The number of thioether (sulfide) groups is 1. The van der Waals surface area contributed by atoms with Crippen LogP contribution in [0.5, 0.6) is 0 Å². The quantitative estimate of drug-likeness (QED) is 0.822. The lowest BCUT2D eigenvalue weighted by atomic mass is 10.1. The van der Waals surface area contributed by atoms with Crippen LogP contribution in [0.25, 0.3) is 0 Å². The van der Waals surface area contributed by atoms with Crippen LogP contribution in [0.15, 0.2) is 16.6 Å². The van der Waals surface area contributed by atoms with Crippen LogP contribution in [0, 0.1) is 0 Å². The minimum absolute atomic E-state index is 0.346. The molecule has 2 heterocycles. The number of carbonyl (C=O) groups is 1. The van der Waals surface area contributed by atoms with Gasteiger partial charge in [0.25, 0.3) is 5.91 Å². The Labute approximate surface area is 124 Å². The maximum Gasteiger partial charge on any atom is 0.257 e. The van der Waals surface area contributed by atoms with Crippen molar-refractivity contribution < 1.29 is 9.90 Å². The van der Waals surface area contributed by atoms with E-state index in [-0.39, 0.29) is 5.91 Å². The fourth-order valence-electron chi connectivity index (χ4n) is 2.56. The standard InChI is InChI=1S/C13H15BrN2O2S/c1-7-6-19-3-2-16(7)11-5-10-8(4-9(11)14)12(17)13(18)15-10/h4-5,7,12,17H,2-3,6H2,1H3,(H,15,18). The van der Waals surface area contributed by atoms with Gasteiger partial charge < -0.3 is 15.3 Å². The second kappa shape index (κ2) is 5.00. The van der Waals surface area contributed by atoms with Crippen molar-refractivity contribution in [2.45, 2.75) is 19.1 Å². The third-order valence-electron chi connectivity index (χ3n) is 3.60. The van der Waals surface area contributed by atoms with Crippen LogP contribution in [-0.2, 0) is 4.79 Å². The number of nitrogens with zero attached hydrogens (tertiary/aromatic N) is 1. The first kappa shape index (κ1) is 13.3. The lowest BCUT2D eigenvalue weighted by Crippen LogP contribution is -2.40. The summed E-state index contributed by atoms with van der Waals surface area (Å²) in [7, 11) is 0. The molecule has 19 heavy (non-hydrogen) atoms. The summed E-state index contributed by atoms with van der Waals surface area (Å²) in [6.07, 6.45) is -1.05.